The lowest BCUT2D eigenvalue weighted by Crippen LogP contribution is -2.14. The Morgan fingerprint density at radius 2 is 1.67 bits per heavy atom. The standard InChI is InChI=1S/C21H21N3O2S/c1-13-4-7-18(10-14(13)2)23-20(26)11-19-12-27-21(24-19)16-5-8-17(9-6-16)22-15(3)25/h4-10,12H,11H2,1-3H3,(H,22,25)(H,23,26). The second kappa shape index (κ2) is 8.14. The predicted molar refractivity (Wildman–Crippen MR) is 110 cm³/mol. The summed E-state index contributed by atoms with van der Waals surface area (Å²) < 4.78 is 0. The molecule has 0 aliphatic heterocycles. The van der Waals surface area contributed by atoms with E-state index in [2.05, 4.69) is 15.6 Å². The number of hydrogen-bond acceptors (Lipinski definition) is 4. The molecule has 2 aromatic carbocycles. The smallest absolute Gasteiger partial charge is 0.230 e. The van der Waals surface area contributed by atoms with Gasteiger partial charge in [0.25, 0.3) is 0 Å². The maximum Gasteiger partial charge on any atom is 0.230 e. The van der Waals surface area contributed by atoms with Crippen LogP contribution in [0.3, 0.4) is 0 Å². The monoisotopic (exact) mass is 379 g/mol. The zero-order valence-electron chi connectivity index (χ0n) is 15.5. The van der Waals surface area contributed by atoms with Gasteiger partial charge in [0, 0.05) is 29.2 Å². The Labute approximate surface area is 162 Å². The number of anilines is 2. The summed E-state index contributed by atoms with van der Waals surface area (Å²) in [6, 6.07) is 13.4. The van der Waals surface area contributed by atoms with Gasteiger partial charge in [-0.3, -0.25) is 9.59 Å². The van der Waals surface area contributed by atoms with Crippen molar-refractivity contribution in [3.8, 4) is 10.6 Å². The first-order valence-corrected chi connectivity index (χ1v) is 9.48. The van der Waals surface area contributed by atoms with Gasteiger partial charge in [-0.25, -0.2) is 4.98 Å². The van der Waals surface area contributed by atoms with E-state index in [-0.39, 0.29) is 18.2 Å². The van der Waals surface area contributed by atoms with Crippen molar-refractivity contribution in [3.05, 3.63) is 64.7 Å². The SMILES string of the molecule is CC(=O)Nc1ccc(-c2nc(CC(=O)Nc3ccc(C)c(C)c3)cs2)cc1. The van der Waals surface area contributed by atoms with Crippen LogP contribution in [0.15, 0.2) is 47.8 Å². The third-order valence-electron chi connectivity index (χ3n) is 4.14. The number of nitrogens with one attached hydrogen (secondary N) is 2. The van der Waals surface area contributed by atoms with Crippen LogP contribution in [0.25, 0.3) is 10.6 Å². The van der Waals surface area contributed by atoms with Crippen molar-refractivity contribution in [1.29, 1.82) is 0 Å². The molecule has 0 saturated heterocycles. The van der Waals surface area contributed by atoms with Gasteiger partial charge in [0.1, 0.15) is 5.01 Å². The molecular formula is C21H21N3O2S. The Kier molecular flexibility index (Phi) is 5.66. The van der Waals surface area contributed by atoms with E-state index >= 15 is 0 Å². The summed E-state index contributed by atoms with van der Waals surface area (Å²) in [5.41, 5.74) is 5.58. The normalized spacial score (nSPS) is 10.5. The number of thiazole rings is 1. The molecule has 27 heavy (non-hydrogen) atoms. The molecule has 0 unspecified atom stereocenters. The lowest BCUT2D eigenvalue weighted by molar-refractivity contribution is -0.116. The minimum absolute atomic E-state index is 0.0869. The minimum Gasteiger partial charge on any atom is -0.326 e. The molecule has 0 bridgehead atoms. The number of rotatable bonds is 5. The van der Waals surface area contributed by atoms with Crippen molar-refractivity contribution in [2.75, 3.05) is 10.6 Å². The van der Waals surface area contributed by atoms with Crippen molar-refractivity contribution >= 4 is 34.5 Å². The summed E-state index contributed by atoms with van der Waals surface area (Å²) in [5, 5.41) is 8.40. The Hall–Kier alpha value is -2.99. The Balaban J connectivity index is 1.64. The number of carbonyl (C=O) groups is 2. The van der Waals surface area contributed by atoms with E-state index in [9.17, 15) is 9.59 Å². The Morgan fingerprint density at radius 3 is 2.33 bits per heavy atom. The topological polar surface area (TPSA) is 71.1 Å². The molecule has 0 aliphatic rings. The van der Waals surface area contributed by atoms with Crippen molar-refractivity contribution in [1.82, 2.24) is 4.98 Å². The summed E-state index contributed by atoms with van der Waals surface area (Å²) in [4.78, 5) is 27.9. The van der Waals surface area contributed by atoms with Crippen LogP contribution in [0.1, 0.15) is 23.7 Å². The lowest BCUT2D eigenvalue weighted by atomic mass is 10.1. The summed E-state index contributed by atoms with van der Waals surface area (Å²) in [6.45, 7) is 5.54. The highest BCUT2D eigenvalue weighted by Gasteiger charge is 2.10. The number of amides is 2. The molecule has 0 saturated carbocycles. The van der Waals surface area contributed by atoms with E-state index in [1.807, 2.05) is 61.7 Å². The molecule has 1 heterocycles. The highest BCUT2D eigenvalue weighted by atomic mass is 32.1. The third-order valence-corrected chi connectivity index (χ3v) is 5.08. The Bertz CT molecular complexity index is 977. The van der Waals surface area contributed by atoms with Gasteiger partial charge in [0.15, 0.2) is 0 Å². The molecule has 0 aliphatic carbocycles. The van der Waals surface area contributed by atoms with Gasteiger partial charge in [-0.05, 0) is 61.4 Å². The molecule has 3 rings (SSSR count). The molecule has 3 aromatic rings. The molecule has 0 spiro atoms. The number of aryl methyl sites for hydroxylation is 2. The fourth-order valence-electron chi connectivity index (χ4n) is 2.61. The highest BCUT2D eigenvalue weighted by molar-refractivity contribution is 7.13. The van der Waals surface area contributed by atoms with Crippen LogP contribution in [-0.2, 0) is 16.0 Å². The van der Waals surface area contributed by atoms with E-state index in [1.54, 1.807) is 0 Å². The van der Waals surface area contributed by atoms with Gasteiger partial charge >= 0.3 is 0 Å². The van der Waals surface area contributed by atoms with E-state index in [4.69, 9.17) is 0 Å². The maximum absolute atomic E-state index is 12.3. The van der Waals surface area contributed by atoms with Crippen LogP contribution in [0, 0.1) is 13.8 Å². The molecule has 6 heteroatoms. The molecule has 2 N–H and O–H groups in total. The molecule has 2 amide bonds. The van der Waals surface area contributed by atoms with Crippen molar-refractivity contribution in [2.45, 2.75) is 27.2 Å². The van der Waals surface area contributed by atoms with Gasteiger partial charge in [0.05, 0.1) is 12.1 Å². The van der Waals surface area contributed by atoms with Gasteiger partial charge in [-0.15, -0.1) is 11.3 Å². The molecule has 1 aromatic heterocycles. The first kappa shape index (κ1) is 18.8. The first-order chi connectivity index (χ1) is 12.9. The van der Waals surface area contributed by atoms with Gasteiger partial charge in [-0.2, -0.15) is 0 Å². The van der Waals surface area contributed by atoms with E-state index in [0.29, 0.717) is 0 Å². The van der Waals surface area contributed by atoms with Gasteiger partial charge in [0.2, 0.25) is 11.8 Å². The number of carbonyl (C=O) groups excluding carboxylic acids is 2. The second-order valence-electron chi connectivity index (χ2n) is 6.43. The molecular weight excluding hydrogens is 358 g/mol. The van der Waals surface area contributed by atoms with Crippen molar-refractivity contribution in [3.63, 3.8) is 0 Å². The van der Waals surface area contributed by atoms with Gasteiger partial charge < -0.3 is 10.6 Å². The van der Waals surface area contributed by atoms with E-state index < -0.39 is 0 Å². The second-order valence-corrected chi connectivity index (χ2v) is 7.28. The van der Waals surface area contributed by atoms with E-state index in [0.717, 1.165) is 33.2 Å². The van der Waals surface area contributed by atoms with Crippen LogP contribution in [0.5, 0.6) is 0 Å². The molecule has 0 fully saturated rings. The maximum atomic E-state index is 12.3. The predicted octanol–water partition coefficient (Wildman–Crippen LogP) is 4.57. The molecule has 0 radical (unpaired) electrons. The van der Waals surface area contributed by atoms with E-state index in [1.165, 1.54) is 23.8 Å². The zero-order valence-corrected chi connectivity index (χ0v) is 16.3. The fraction of sp³-hybridized carbons (Fsp3) is 0.190. The number of nitrogens with zero attached hydrogens (tertiary/aromatic N) is 1. The number of aromatic nitrogens is 1. The molecule has 138 valence electrons. The molecule has 5 nitrogen and oxygen atoms in total. The first-order valence-electron chi connectivity index (χ1n) is 8.60. The fourth-order valence-corrected chi connectivity index (χ4v) is 3.43. The minimum atomic E-state index is -0.103. The van der Waals surface area contributed by atoms with Crippen molar-refractivity contribution < 1.29 is 9.59 Å². The van der Waals surface area contributed by atoms with Crippen molar-refractivity contribution in [2.24, 2.45) is 0 Å². The average Bonchev–Trinajstić information content (AvgIpc) is 3.06. The van der Waals surface area contributed by atoms with Crippen LogP contribution in [-0.4, -0.2) is 16.8 Å². The third kappa shape index (κ3) is 5.01. The summed E-state index contributed by atoms with van der Waals surface area (Å²) >= 11 is 1.50. The quantitative estimate of drug-likeness (QED) is 0.682. The van der Waals surface area contributed by atoms with Gasteiger partial charge in [-0.1, -0.05) is 6.07 Å². The van der Waals surface area contributed by atoms with Crippen LogP contribution >= 0.6 is 11.3 Å². The number of benzene rings is 2. The van der Waals surface area contributed by atoms with Crippen LogP contribution < -0.4 is 10.6 Å². The number of hydrogen-bond donors (Lipinski definition) is 2. The average molecular weight is 379 g/mol. The summed E-state index contributed by atoms with van der Waals surface area (Å²) in [7, 11) is 0. The highest BCUT2D eigenvalue weighted by Crippen LogP contribution is 2.25. The lowest BCUT2D eigenvalue weighted by Gasteiger charge is -2.07. The molecule has 0 atom stereocenters. The zero-order chi connectivity index (χ0) is 19.4. The van der Waals surface area contributed by atoms with Crippen LogP contribution in [0.4, 0.5) is 11.4 Å². The summed E-state index contributed by atoms with van der Waals surface area (Å²) in [6.07, 6.45) is 0.230. The largest absolute Gasteiger partial charge is 0.326 e. The summed E-state index contributed by atoms with van der Waals surface area (Å²) in [5.74, 6) is -0.190. The Morgan fingerprint density at radius 1 is 0.963 bits per heavy atom. The van der Waals surface area contributed by atoms with Crippen LogP contribution in [0.2, 0.25) is 0 Å².